The summed E-state index contributed by atoms with van der Waals surface area (Å²) < 4.78 is 10.7. The van der Waals surface area contributed by atoms with E-state index in [2.05, 4.69) is 107 Å². The second-order valence-electron chi connectivity index (χ2n) is 11.6. The molecule has 0 amide bonds. The van der Waals surface area contributed by atoms with E-state index in [1.54, 1.807) is 0 Å². The summed E-state index contributed by atoms with van der Waals surface area (Å²) in [6, 6.07) is 29.6. The fourth-order valence-electron chi connectivity index (χ4n) is 7.00. The largest absolute Gasteiger partial charge is 0.457 e. The van der Waals surface area contributed by atoms with Gasteiger partial charge in [0.1, 0.15) is 28.4 Å². The molecule has 6 nitrogen and oxygen atoms in total. The highest BCUT2D eigenvalue weighted by Crippen LogP contribution is 2.37. The van der Waals surface area contributed by atoms with E-state index in [1.807, 2.05) is 36.9 Å². The predicted molar refractivity (Wildman–Crippen MR) is 178 cm³/mol. The molecule has 0 atom stereocenters. The first-order chi connectivity index (χ1) is 21.5. The Bertz CT molecular complexity index is 2600. The van der Waals surface area contributed by atoms with Crippen molar-refractivity contribution >= 4 is 54.8 Å². The maximum Gasteiger partial charge on any atom is 0.146 e. The molecule has 210 valence electrons. The first kappa shape index (κ1) is 24.8. The first-order valence-corrected chi connectivity index (χ1v) is 14.8. The van der Waals surface area contributed by atoms with Gasteiger partial charge in [0.2, 0.25) is 0 Å². The topological polar surface area (TPSA) is 56.7 Å². The van der Waals surface area contributed by atoms with Crippen LogP contribution < -0.4 is 4.74 Å². The zero-order chi connectivity index (χ0) is 29.5. The van der Waals surface area contributed by atoms with Crippen molar-refractivity contribution in [1.82, 2.24) is 23.8 Å². The van der Waals surface area contributed by atoms with Crippen LogP contribution in [0.3, 0.4) is 0 Å². The lowest BCUT2D eigenvalue weighted by Crippen LogP contribution is -1.98. The Kier molecular flexibility index (Phi) is 5.14. The smallest absolute Gasteiger partial charge is 0.146 e. The molecular formula is C38H27N5O. The fraction of sp³-hybridized carbons (Fsp3) is 0.0789. The molecule has 0 fully saturated rings. The Balaban J connectivity index is 1.18. The number of imidazole rings is 2. The minimum atomic E-state index is 0.747. The van der Waals surface area contributed by atoms with E-state index >= 15 is 0 Å². The van der Waals surface area contributed by atoms with Crippen molar-refractivity contribution in [2.45, 2.75) is 20.8 Å². The van der Waals surface area contributed by atoms with Crippen molar-refractivity contribution < 1.29 is 4.74 Å². The molecule has 0 bridgehead atoms. The Morgan fingerprint density at radius 2 is 1.16 bits per heavy atom. The van der Waals surface area contributed by atoms with Gasteiger partial charge in [0.05, 0.1) is 11.2 Å². The number of para-hydroxylation sites is 1. The molecule has 0 N–H and O–H groups in total. The van der Waals surface area contributed by atoms with Crippen molar-refractivity contribution in [2.24, 2.45) is 0 Å². The van der Waals surface area contributed by atoms with Crippen LogP contribution in [0, 0.1) is 20.8 Å². The third kappa shape index (κ3) is 3.57. The van der Waals surface area contributed by atoms with E-state index < -0.39 is 0 Å². The number of ether oxygens (including phenoxy) is 1. The van der Waals surface area contributed by atoms with Crippen molar-refractivity contribution in [3.63, 3.8) is 0 Å². The van der Waals surface area contributed by atoms with E-state index in [1.165, 1.54) is 27.6 Å². The molecule has 4 aromatic carbocycles. The van der Waals surface area contributed by atoms with E-state index in [4.69, 9.17) is 14.7 Å². The van der Waals surface area contributed by atoms with Gasteiger partial charge in [-0.25, -0.2) is 15.0 Å². The molecule has 9 aromatic rings. The lowest BCUT2D eigenvalue weighted by atomic mass is 9.96. The van der Waals surface area contributed by atoms with E-state index in [-0.39, 0.29) is 0 Å². The zero-order valence-corrected chi connectivity index (χ0v) is 24.5. The van der Waals surface area contributed by atoms with E-state index in [9.17, 15) is 0 Å². The number of hydrogen-bond acceptors (Lipinski definition) is 4. The summed E-state index contributed by atoms with van der Waals surface area (Å²) in [4.78, 5) is 14.6. The molecule has 5 aromatic heterocycles. The lowest BCUT2D eigenvalue weighted by molar-refractivity contribution is 0.484. The molecular weight excluding hydrogens is 542 g/mol. The fourth-order valence-corrected chi connectivity index (χ4v) is 7.00. The van der Waals surface area contributed by atoms with Crippen LogP contribution in [0.25, 0.3) is 66.0 Å². The lowest BCUT2D eigenvalue weighted by Gasteiger charge is -2.14. The maximum absolute atomic E-state index is 6.49. The molecule has 44 heavy (non-hydrogen) atoms. The first-order valence-electron chi connectivity index (χ1n) is 14.8. The van der Waals surface area contributed by atoms with Crippen LogP contribution in [0.15, 0.2) is 110 Å². The Labute approximate surface area is 252 Å². The highest BCUT2D eigenvalue weighted by molar-refractivity contribution is 6.13. The molecule has 0 aliphatic heterocycles. The second-order valence-corrected chi connectivity index (χ2v) is 11.6. The van der Waals surface area contributed by atoms with Crippen LogP contribution in [0.2, 0.25) is 0 Å². The van der Waals surface area contributed by atoms with Crippen LogP contribution in [0.5, 0.6) is 11.5 Å². The van der Waals surface area contributed by atoms with Crippen LogP contribution in [-0.2, 0) is 0 Å². The highest BCUT2D eigenvalue weighted by Gasteiger charge is 2.16. The summed E-state index contributed by atoms with van der Waals surface area (Å²) >= 11 is 0. The van der Waals surface area contributed by atoms with Crippen molar-refractivity contribution in [1.29, 1.82) is 0 Å². The summed E-state index contributed by atoms with van der Waals surface area (Å²) in [5.41, 5.74) is 9.67. The van der Waals surface area contributed by atoms with Gasteiger partial charge in [0.25, 0.3) is 0 Å². The summed E-state index contributed by atoms with van der Waals surface area (Å²) in [6.45, 7) is 6.45. The normalized spacial score (nSPS) is 12.0. The van der Waals surface area contributed by atoms with Crippen LogP contribution in [0.4, 0.5) is 0 Å². The molecule has 0 aliphatic carbocycles. The number of aryl methyl sites for hydroxylation is 3. The molecule has 0 unspecified atom stereocenters. The quantitative estimate of drug-likeness (QED) is 0.199. The molecule has 0 spiro atoms. The van der Waals surface area contributed by atoms with Gasteiger partial charge in [-0.2, -0.15) is 0 Å². The number of pyridine rings is 3. The molecule has 5 heterocycles. The second kappa shape index (κ2) is 9.12. The predicted octanol–water partition coefficient (Wildman–Crippen LogP) is 9.37. The SMILES string of the molecule is Cc1cc(C)c(-c2ccc3c4ccc(Oc5ccc6c7ccccc7n7ccnc7c6c5)cc4c4nccn4c3n2)c(C)c1. The van der Waals surface area contributed by atoms with Crippen molar-refractivity contribution in [3.05, 3.63) is 126 Å². The molecule has 0 aliphatic rings. The highest BCUT2D eigenvalue weighted by atomic mass is 16.5. The van der Waals surface area contributed by atoms with Gasteiger partial charge < -0.3 is 4.74 Å². The molecule has 9 rings (SSSR count). The van der Waals surface area contributed by atoms with Crippen LogP contribution in [0.1, 0.15) is 16.7 Å². The minimum absolute atomic E-state index is 0.747. The van der Waals surface area contributed by atoms with Gasteiger partial charge in [0.15, 0.2) is 0 Å². The summed E-state index contributed by atoms with van der Waals surface area (Å²) in [5, 5.41) is 6.56. The molecule has 0 saturated heterocycles. The van der Waals surface area contributed by atoms with Gasteiger partial charge in [0, 0.05) is 51.9 Å². The molecule has 0 saturated carbocycles. The molecule has 0 radical (unpaired) electrons. The summed E-state index contributed by atoms with van der Waals surface area (Å²) in [6.07, 6.45) is 7.68. The maximum atomic E-state index is 6.49. The van der Waals surface area contributed by atoms with Gasteiger partial charge in [-0.3, -0.25) is 8.80 Å². The van der Waals surface area contributed by atoms with Gasteiger partial charge in [-0.15, -0.1) is 0 Å². The van der Waals surface area contributed by atoms with Gasteiger partial charge in [-0.05, 0) is 97.3 Å². The zero-order valence-electron chi connectivity index (χ0n) is 24.5. The number of nitrogens with zero attached hydrogens (tertiary/aromatic N) is 5. The van der Waals surface area contributed by atoms with Crippen LogP contribution >= 0.6 is 0 Å². The average Bonchev–Trinajstić information content (AvgIpc) is 3.72. The Morgan fingerprint density at radius 1 is 0.545 bits per heavy atom. The van der Waals surface area contributed by atoms with Crippen LogP contribution in [-0.4, -0.2) is 23.8 Å². The van der Waals surface area contributed by atoms with Crippen molar-refractivity contribution in [3.8, 4) is 22.8 Å². The van der Waals surface area contributed by atoms with E-state index in [0.717, 1.165) is 66.6 Å². The standard InChI is InChI=1S/C38H27N5O/c1-22-18-23(2)35(24(3)19-22)33-13-12-30-28-11-9-26(21-32(28)37-40-15-17-43(37)38(30)41-33)44-25-8-10-27-29-6-4-5-7-34(29)42-16-14-39-36(42)31(27)20-25/h4-21H,1-3H3. The third-order valence-corrected chi connectivity index (χ3v) is 8.76. The van der Waals surface area contributed by atoms with Crippen molar-refractivity contribution in [2.75, 3.05) is 0 Å². The number of aromatic nitrogens is 5. The third-order valence-electron chi connectivity index (χ3n) is 8.76. The number of benzene rings is 4. The minimum Gasteiger partial charge on any atom is -0.457 e. The van der Waals surface area contributed by atoms with Gasteiger partial charge >= 0.3 is 0 Å². The Hall–Kier alpha value is -5.75. The van der Waals surface area contributed by atoms with Gasteiger partial charge in [-0.1, -0.05) is 35.9 Å². The summed E-state index contributed by atoms with van der Waals surface area (Å²) in [5.74, 6) is 1.50. The Morgan fingerprint density at radius 3 is 1.89 bits per heavy atom. The monoisotopic (exact) mass is 569 g/mol. The number of rotatable bonds is 3. The van der Waals surface area contributed by atoms with E-state index in [0.29, 0.717) is 0 Å². The molecule has 6 heteroatoms. The number of hydrogen-bond donors (Lipinski definition) is 0. The summed E-state index contributed by atoms with van der Waals surface area (Å²) in [7, 11) is 0. The number of fused-ring (bicyclic) bond motifs is 12. The average molecular weight is 570 g/mol.